The second kappa shape index (κ2) is 9.42. The molecular weight excluding hydrogens is 411 g/mol. The van der Waals surface area contributed by atoms with Gasteiger partial charge in [0.05, 0.1) is 12.0 Å². The van der Waals surface area contributed by atoms with Crippen molar-refractivity contribution in [2.24, 2.45) is 0 Å². The largest absolute Gasteiger partial charge is 0.457 e. The lowest BCUT2D eigenvalue weighted by molar-refractivity contribution is -0.143. The van der Waals surface area contributed by atoms with Gasteiger partial charge in [0.25, 0.3) is 0 Å². The number of fused-ring (bicyclic) bond motifs is 1. The lowest BCUT2D eigenvalue weighted by Crippen LogP contribution is -2.17. The Labute approximate surface area is 175 Å². The van der Waals surface area contributed by atoms with E-state index in [1.54, 1.807) is 18.2 Å². The highest BCUT2D eigenvalue weighted by atomic mass is 19.4. The number of alkyl halides is 3. The molecule has 160 valence electrons. The standard InChI is InChI=1S/C23H18F3NO4/c24-23(25,26)18-6-3-7-19(13-18)27-21(29)10-11-22(30)31-14-20(28)17-9-8-15-4-1-2-5-16(15)12-17/h1-9,12-13H,10-11,14H2,(H,27,29). The molecule has 5 nitrogen and oxygen atoms in total. The number of carbonyl (C=O) groups excluding carboxylic acids is 3. The van der Waals surface area contributed by atoms with Crippen LogP contribution in [0, 0.1) is 0 Å². The fraction of sp³-hybridized carbons (Fsp3) is 0.174. The minimum Gasteiger partial charge on any atom is -0.457 e. The summed E-state index contributed by atoms with van der Waals surface area (Å²) < 4.78 is 43.0. The molecule has 0 aromatic heterocycles. The highest BCUT2D eigenvalue weighted by Crippen LogP contribution is 2.30. The van der Waals surface area contributed by atoms with Crippen molar-refractivity contribution in [1.29, 1.82) is 0 Å². The van der Waals surface area contributed by atoms with E-state index >= 15 is 0 Å². The van der Waals surface area contributed by atoms with E-state index in [0.29, 0.717) is 5.56 Å². The normalized spacial score (nSPS) is 11.2. The van der Waals surface area contributed by atoms with Crippen LogP contribution in [-0.4, -0.2) is 24.3 Å². The maximum absolute atomic E-state index is 12.7. The van der Waals surface area contributed by atoms with Gasteiger partial charge < -0.3 is 10.1 Å². The van der Waals surface area contributed by atoms with E-state index < -0.39 is 30.2 Å². The van der Waals surface area contributed by atoms with Gasteiger partial charge in [-0.25, -0.2) is 0 Å². The number of rotatable bonds is 7. The number of amides is 1. The first-order valence-corrected chi connectivity index (χ1v) is 9.37. The fourth-order valence-corrected chi connectivity index (χ4v) is 2.88. The van der Waals surface area contributed by atoms with Gasteiger partial charge in [0.1, 0.15) is 0 Å². The molecule has 8 heteroatoms. The van der Waals surface area contributed by atoms with E-state index in [0.717, 1.165) is 22.9 Å². The van der Waals surface area contributed by atoms with Crippen LogP contribution in [0.1, 0.15) is 28.8 Å². The Bertz CT molecular complexity index is 1130. The maximum atomic E-state index is 12.7. The number of nitrogens with one attached hydrogen (secondary N) is 1. The third-order valence-corrected chi connectivity index (χ3v) is 4.47. The van der Waals surface area contributed by atoms with Gasteiger partial charge in [-0.15, -0.1) is 0 Å². The van der Waals surface area contributed by atoms with E-state index in [9.17, 15) is 27.6 Å². The van der Waals surface area contributed by atoms with Gasteiger partial charge in [0, 0.05) is 17.7 Å². The minimum absolute atomic E-state index is 0.0281. The number of hydrogen-bond donors (Lipinski definition) is 1. The summed E-state index contributed by atoms with van der Waals surface area (Å²) in [6.45, 7) is -0.466. The number of halogens is 3. The van der Waals surface area contributed by atoms with Crippen molar-refractivity contribution in [2.75, 3.05) is 11.9 Å². The number of anilines is 1. The lowest BCUT2D eigenvalue weighted by Gasteiger charge is -2.10. The second-order valence-corrected chi connectivity index (χ2v) is 6.77. The zero-order valence-electron chi connectivity index (χ0n) is 16.2. The maximum Gasteiger partial charge on any atom is 0.416 e. The van der Waals surface area contributed by atoms with E-state index in [2.05, 4.69) is 5.32 Å². The number of Topliss-reactive ketones (excluding diaryl/α,β-unsaturated/α-hetero) is 1. The molecule has 0 saturated heterocycles. The Kier molecular flexibility index (Phi) is 6.69. The SMILES string of the molecule is O=C(CCC(=O)OCC(=O)c1ccc2ccccc2c1)Nc1cccc(C(F)(F)F)c1. The van der Waals surface area contributed by atoms with Crippen molar-refractivity contribution in [3.8, 4) is 0 Å². The fourth-order valence-electron chi connectivity index (χ4n) is 2.88. The van der Waals surface area contributed by atoms with Crippen LogP contribution in [0.5, 0.6) is 0 Å². The number of ether oxygens (including phenoxy) is 1. The van der Waals surface area contributed by atoms with Crippen LogP contribution in [0.25, 0.3) is 10.8 Å². The molecule has 0 atom stereocenters. The molecule has 0 heterocycles. The molecule has 0 aliphatic rings. The Morgan fingerprint density at radius 2 is 1.58 bits per heavy atom. The van der Waals surface area contributed by atoms with E-state index in [1.165, 1.54) is 12.1 Å². The molecule has 0 spiro atoms. The predicted octanol–water partition coefficient (Wildman–Crippen LogP) is 5.00. The van der Waals surface area contributed by atoms with Crippen LogP contribution >= 0.6 is 0 Å². The van der Waals surface area contributed by atoms with Gasteiger partial charge in [-0.3, -0.25) is 14.4 Å². The number of benzene rings is 3. The van der Waals surface area contributed by atoms with Gasteiger partial charge in [-0.2, -0.15) is 13.2 Å². The lowest BCUT2D eigenvalue weighted by atomic mass is 10.0. The van der Waals surface area contributed by atoms with Crippen LogP contribution in [0.15, 0.2) is 66.7 Å². The third kappa shape index (κ3) is 6.15. The summed E-state index contributed by atoms with van der Waals surface area (Å²) in [6.07, 6.45) is -5.13. The average molecular weight is 429 g/mol. The van der Waals surface area contributed by atoms with Gasteiger partial charge in [-0.05, 0) is 35.0 Å². The molecule has 0 radical (unpaired) electrons. The molecule has 0 saturated carbocycles. The van der Waals surface area contributed by atoms with Crippen LogP contribution in [0.2, 0.25) is 0 Å². The summed E-state index contributed by atoms with van der Waals surface area (Å²) in [5.74, 6) is -1.78. The first-order valence-electron chi connectivity index (χ1n) is 9.37. The Morgan fingerprint density at radius 3 is 2.32 bits per heavy atom. The zero-order valence-corrected chi connectivity index (χ0v) is 16.2. The van der Waals surface area contributed by atoms with Gasteiger partial charge in [0.15, 0.2) is 12.4 Å². The van der Waals surface area contributed by atoms with Crippen molar-refractivity contribution in [1.82, 2.24) is 0 Å². The number of carbonyl (C=O) groups is 3. The molecule has 31 heavy (non-hydrogen) atoms. The molecule has 0 fully saturated rings. The van der Waals surface area contributed by atoms with E-state index in [1.807, 2.05) is 24.3 Å². The molecule has 3 rings (SSSR count). The molecule has 0 bridgehead atoms. The first kappa shape index (κ1) is 22.0. The van der Waals surface area contributed by atoms with Crippen molar-refractivity contribution in [3.63, 3.8) is 0 Å². The summed E-state index contributed by atoms with van der Waals surface area (Å²) in [4.78, 5) is 36.0. The monoisotopic (exact) mass is 429 g/mol. The second-order valence-electron chi connectivity index (χ2n) is 6.77. The molecule has 0 unspecified atom stereocenters. The van der Waals surface area contributed by atoms with Crippen molar-refractivity contribution >= 4 is 34.1 Å². The molecule has 1 amide bonds. The van der Waals surface area contributed by atoms with Gasteiger partial charge >= 0.3 is 12.1 Å². The zero-order chi connectivity index (χ0) is 22.4. The van der Waals surface area contributed by atoms with Crippen molar-refractivity contribution < 1.29 is 32.3 Å². The molecular formula is C23H18F3NO4. The average Bonchev–Trinajstić information content (AvgIpc) is 2.75. The summed E-state index contributed by atoms with van der Waals surface area (Å²) in [5, 5.41) is 4.16. The molecule has 3 aromatic rings. The van der Waals surface area contributed by atoms with Crippen LogP contribution in [0.4, 0.5) is 18.9 Å². The van der Waals surface area contributed by atoms with Gasteiger partial charge in [0.2, 0.25) is 5.91 Å². The Morgan fingerprint density at radius 1 is 0.839 bits per heavy atom. The first-order chi connectivity index (χ1) is 14.7. The number of esters is 1. The third-order valence-electron chi connectivity index (χ3n) is 4.47. The molecule has 0 aliphatic heterocycles. The summed E-state index contributed by atoms with van der Waals surface area (Å²) >= 11 is 0. The number of hydrogen-bond acceptors (Lipinski definition) is 4. The Hall–Kier alpha value is -3.68. The molecule has 0 aliphatic carbocycles. The van der Waals surface area contributed by atoms with Gasteiger partial charge in [-0.1, -0.05) is 42.5 Å². The smallest absolute Gasteiger partial charge is 0.416 e. The van der Waals surface area contributed by atoms with Crippen molar-refractivity contribution in [3.05, 3.63) is 77.9 Å². The minimum atomic E-state index is -4.53. The Balaban J connectivity index is 1.46. The summed E-state index contributed by atoms with van der Waals surface area (Å²) in [5.41, 5.74) is -0.523. The van der Waals surface area contributed by atoms with Crippen molar-refractivity contribution in [2.45, 2.75) is 19.0 Å². The quantitative estimate of drug-likeness (QED) is 0.424. The number of ketones is 1. The van der Waals surface area contributed by atoms with Crippen LogP contribution in [-0.2, 0) is 20.5 Å². The topological polar surface area (TPSA) is 72.5 Å². The van der Waals surface area contributed by atoms with Crippen LogP contribution in [0.3, 0.4) is 0 Å². The van der Waals surface area contributed by atoms with E-state index in [4.69, 9.17) is 4.74 Å². The van der Waals surface area contributed by atoms with Crippen LogP contribution < -0.4 is 5.32 Å². The molecule has 3 aromatic carbocycles. The highest BCUT2D eigenvalue weighted by molar-refractivity contribution is 6.01. The predicted molar refractivity (Wildman–Crippen MR) is 109 cm³/mol. The summed E-state index contributed by atoms with van der Waals surface area (Å²) in [6, 6.07) is 16.8. The summed E-state index contributed by atoms with van der Waals surface area (Å²) in [7, 11) is 0. The van der Waals surface area contributed by atoms with E-state index in [-0.39, 0.29) is 24.3 Å². The molecule has 1 N–H and O–H groups in total. The highest BCUT2D eigenvalue weighted by Gasteiger charge is 2.30.